The standard InChI is InChI=1S/C15H18N2O4S/c1-10-3-4-13(7-11(10)2)22(20,21)16-8-12(9-16)17-14(18)5-6-15(17)19/h3-4,7,12H,5-6,8-9H2,1-2H3. The van der Waals surface area contributed by atoms with Gasteiger partial charge < -0.3 is 0 Å². The van der Waals surface area contributed by atoms with Crippen LogP contribution >= 0.6 is 0 Å². The highest BCUT2D eigenvalue weighted by atomic mass is 32.2. The molecule has 2 saturated heterocycles. The van der Waals surface area contributed by atoms with Crippen molar-refractivity contribution in [3.8, 4) is 0 Å². The van der Waals surface area contributed by atoms with Gasteiger partial charge >= 0.3 is 0 Å². The summed E-state index contributed by atoms with van der Waals surface area (Å²) in [7, 11) is -3.55. The molecule has 0 bridgehead atoms. The van der Waals surface area contributed by atoms with Crippen LogP contribution in [0, 0.1) is 13.8 Å². The Morgan fingerprint density at radius 3 is 2.14 bits per heavy atom. The lowest BCUT2D eigenvalue weighted by Gasteiger charge is -2.41. The van der Waals surface area contributed by atoms with Crippen molar-refractivity contribution in [1.29, 1.82) is 0 Å². The number of nitrogens with zero attached hydrogens (tertiary/aromatic N) is 2. The predicted molar refractivity (Wildman–Crippen MR) is 79.5 cm³/mol. The van der Waals surface area contributed by atoms with Crippen molar-refractivity contribution in [2.24, 2.45) is 0 Å². The number of imide groups is 1. The quantitative estimate of drug-likeness (QED) is 0.772. The van der Waals surface area contributed by atoms with Crippen LogP contribution in [0.1, 0.15) is 24.0 Å². The SMILES string of the molecule is Cc1ccc(S(=O)(=O)N2CC(N3C(=O)CCC3=O)C2)cc1C. The number of benzene rings is 1. The summed E-state index contributed by atoms with van der Waals surface area (Å²) in [5, 5.41) is 0. The zero-order chi connectivity index (χ0) is 16.1. The van der Waals surface area contributed by atoms with Crippen molar-refractivity contribution < 1.29 is 18.0 Å². The van der Waals surface area contributed by atoms with E-state index in [1.165, 1.54) is 9.21 Å². The Kier molecular flexibility index (Phi) is 3.57. The monoisotopic (exact) mass is 322 g/mol. The van der Waals surface area contributed by atoms with Crippen molar-refractivity contribution in [1.82, 2.24) is 9.21 Å². The minimum Gasteiger partial charge on any atom is -0.277 e. The van der Waals surface area contributed by atoms with Crippen LogP contribution in [0.25, 0.3) is 0 Å². The van der Waals surface area contributed by atoms with Crippen LogP contribution in [0.4, 0.5) is 0 Å². The molecule has 7 heteroatoms. The Morgan fingerprint density at radius 1 is 1.00 bits per heavy atom. The number of hydrogen-bond donors (Lipinski definition) is 0. The first-order chi connectivity index (χ1) is 10.3. The largest absolute Gasteiger partial charge is 0.277 e. The van der Waals surface area contributed by atoms with Crippen molar-refractivity contribution in [2.45, 2.75) is 37.6 Å². The van der Waals surface area contributed by atoms with Gasteiger partial charge in [0.05, 0.1) is 10.9 Å². The fourth-order valence-electron chi connectivity index (χ4n) is 2.80. The molecule has 0 aromatic heterocycles. The van der Waals surface area contributed by atoms with Gasteiger partial charge in [0.1, 0.15) is 0 Å². The van der Waals surface area contributed by atoms with Crippen LogP contribution < -0.4 is 0 Å². The van der Waals surface area contributed by atoms with E-state index in [9.17, 15) is 18.0 Å². The molecule has 0 unspecified atom stereocenters. The number of aryl methyl sites for hydroxylation is 2. The smallest absolute Gasteiger partial charge is 0.243 e. The van der Waals surface area contributed by atoms with Crippen molar-refractivity contribution in [3.63, 3.8) is 0 Å². The number of hydrogen-bond acceptors (Lipinski definition) is 4. The van der Waals surface area contributed by atoms with Crippen LogP contribution in [-0.2, 0) is 19.6 Å². The molecule has 6 nitrogen and oxygen atoms in total. The van der Waals surface area contributed by atoms with Crippen LogP contribution in [0.2, 0.25) is 0 Å². The van der Waals surface area contributed by atoms with Gasteiger partial charge in [0.2, 0.25) is 21.8 Å². The van der Waals surface area contributed by atoms with Gasteiger partial charge in [0, 0.05) is 25.9 Å². The van der Waals surface area contributed by atoms with E-state index in [4.69, 9.17) is 0 Å². The number of sulfonamides is 1. The summed E-state index contributed by atoms with van der Waals surface area (Å²) in [5.74, 6) is -0.392. The summed E-state index contributed by atoms with van der Waals surface area (Å²) in [6.45, 7) is 4.17. The van der Waals surface area contributed by atoms with Gasteiger partial charge in [-0.05, 0) is 37.1 Å². The van der Waals surface area contributed by atoms with E-state index in [1.54, 1.807) is 18.2 Å². The third kappa shape index (κ3) is 2.34. The molecule has 2 fully saturated rings. The zero-order valence-corrected chi connectivity index (χ0v) is 13.4. The summed E-state index contributed by atoms with van der Waals surface area (Å²) in [5.41, 5.74) is 1.96. The number of amides is 2. The molecule has 1 aromatic carbocycles. The molecule has 0 saturated carbocycles. The molecule has 3 rings (SSSR count). The lowest BCUT2D eigenvalue weighted by atomic mass is 10.1. The molecular formula is C15H18N2O4S. The summed E-state index contributed by atoms with van der Waals surface area (Å²) in [4.78, 5) is 24.8. The first kappa shape index (κ1) is 15.2. The molecule has 0 radical (unpaired) electrons. The highest BCUT2D eigenvalue weighted by molar-refractivity contribution is 7.89. The second-order valence-corrected chi connectivity index (χ2v) is 7.82. The summed E-state index contributed by atoms with van der Waals surface area (Å²) in [6.07, 6.45) is 0.471. The van der Waals surface area contributed by atoms with Gasteiger partial charge in [0.15, 0.2) is 0 Å². The Balaban J connectivity index is 1.75. The number of rotatable bonds is 3. The summed E-state index contributed by atoms with van der Waals surface area (Å²) < 4.78 is 26.4. The Morgan fingerprint density at radius 2 is 1.59 bits per heavy atom. The van der Waals surface area contributed by atoms with E-state index in [-0.39, 0.29) is 48.7 Å². The average Bonchev–Trinajstić information content (AvgIpc) is 2.72. The molecule has 1 aromatic rings. The molecule has 118 valence electrons. The average molecular weight is 322 g/mol. The Bertz CT molecular complexity index is 735. The highest BCUT2D eigenvalue weighted by Gasteiger charge is 2.45. The third-order valence-corrected chi connectivity index (χ3v) is 6.23. The third-order valence-electron chi connectivity index (χ3n) is 4.40. The van der Waals surface area contributed by atoms with E-state index in [1.807, 2.05) is 13.8 Å². The number of likely N-dealkylation sites (tertiary alicyclic amines) is 1. The lowest BCUT2D eigenvalue weighted by molar-refractivity contribution is -0.143. The van der Waals surface area contributed by atoms with Crippen LogP contribution in [0.3, 0.4) is 0 Å². The van der Waals surface area contributed by atoms with E-state index >= 15 is 0 Å². The fraction of sp³-hybridized carbons (Fsp3) is 0.467. The first-order valence-electron chi connectivity index (χ1n) is 7.23. The van der Waals surface area contributed by atoms with Gasteiger partial charge in [-0.1, -0.05) is 6.07 Å². The van der Waals surface area contributed by atoms with E-state index in [2.05, 4.69) is 0 Å². The topological polar surface area (TPSA) is 74.8 Å². The van der Waals surface area contributed by atoms with E-state index in [0.29, 0.717) is 0 Å². The minimum atomic E-state index is -3.55. The molecule has 0 atom stereocenters. The minimum absolute atomic E-state index is 0.187. The lowest BCUT2D eigenvalue weighted by Crippen LogP contribution is -2.62. The Hall–Kier alpha value is -1.73. The van der Waals surface area contributed by atoms with Crippen molar-refractivity contribution in [3.05, 3.63) is 29.3 Å². The molecule has 0 spiro atoms. The molecule has 2 aliphatic rings. The molecule has 0 aliphatic carbocycles. The van der Waals surface area contributed by atoms with E-state index < -0.39 is 10.0 Å². The maximum Gasteiger partial charge on any atom is 0.243 e. The summed E-state index contributed by atoms with van der Waals surface area (Å²) in [6, 6.07) is 4.72. The fourth-order valence-corrected chi connectivity index (χ4v) is 4.40. The van der Waals surface area contributed by atoms with Gasteiger partial charge in [0.25, 0.3) is 0 Å². The molecule has 2 aliphatic heterocycles. The summed E-state index contributed by atoms with van der Waals surface area (Å²) >= 11 is 0. The first-order valence-corrected chi connectivity index (χ1v) is 8.67. The second kappa shape index (κ2) is 5.17. The zero-order valence-electron chi connectivity index (χ0n) is 12.6. The van der Waals surface area contributed by atoms with Gasteiger partial charge in [-0.2, -0.15) is 4.31 Å². The maximum atomic E-state index is 12.5. The van der Waals surface area contributed by atoms with Crippen LogP contribution in [0.15, 0.2) is 23.1 Å². The predicted octanol–water partition coefficient (Wildman–Crippen LogP) is 0.825. The van der Waals surface area contributed by atoms with Crippen molar-refractivity contribution >= 4 is 21.8 Å². The Labute approximate surface area is 129 Å². The van der Waals surface area contributed by atoms with Gasteiger partial charge in [-0.15, -0.1) is 0 Å². The number of carbonyl (C=O) groups excluding carboxylic acids is 2. The van der Waals surface area contributed by atoms with Gasteiger partial charge in [-0.25, -0.2) is 8.42 Å². The number of carbonyl (C=O) groups is 2. The molecule has 2 heterocycles. The molecular weight excluding hydrogens is 304 g/mol. The molecule has 0 N–H and O–H groups in total. The maximum absolute atomic E-state index is 12.5. The molecule has 22 heavy (non-hydrogen) atoms. The van der Waals surface area contributed by atoms with Crippen molar-refractivity contribution in [2.75, 3.05) is 13.1 Å². The van der Waals surface area contributed by atoms with Gasteiger partial charge in [-0.3, -0.25) is 14.5 Å². The normalized spacial score (nSPS) is 20.5. The van der Waals surface area contributed by atoms with Crippen LogP contribution in [0.5, 0.6) is 0 Å². The second-order valence-electron chi connectivity index (χ2n) is 5.88. The highest BCUT2D eigenvalue weighted by Crippen LogP contribution is 2.28. The molecule has 2 amide bonds. The van der Waals surface area contributed by atoms with E-state index in [0.717, 1.165) is 11.1 Å². The van der Waals surface area contributed by atoms with Crippen LogP contribution in [-0.4, -0.2) is 48.6 Å².